The number of hydrogen-bond donors (Lipinski definition) is 2. The third kappa shape index (κ3) is 6.14. The number of nitrogens with zero attached hydrogens (tertiary/aromatic N) is 4. The molecule has 174 valence electrons. The van der Waals surface area contributed by atoms with Crippen LogP contribution >= 0.6 is 35.6 Å². The van der Waals surface area contributed by atoms with Crippen LogP contribution in [-0.4, -0.2) is 63.4 Å². The lowest BCUT2D eigenvalue weighted by atomic mass is 10.1. The zero-order chi connectivity index (χ0) is 21.6. The number of rotatable bonds is 5. The lowest BCUT2D eigenvalue weighted by Crippen LogP contribution is -2.44. The Balaban J connectivity index is 0.00000289. The standard InChI is InChI=1S/C22H28ClFN6O.HI/c1-25-22(28-17-6-8-30(15-17)21-18(23)3-2-7-26-21)27-14-16-4-5-20(19(24)13-16)29-9-11-31-12-10-29;/h2-5,7,13,17H,6,8-12,14-15H2,1H3,(H2,25,27,28);1H. The monoisotopic (exact) mass is 574 g/mol. The topological polar surface area (TPSA) is 65.0 Å². The second-order valence-corrected chi connectivity index (χ2v) is 8.10. The third-order valence-corrected chi connectivity index (χ3v) is 5.91. The fourth-order valence-corrected chi connectivity index (χ4v) is 4.22. The van der Waals surface area contributed by atoms with E-state index in [1.54, 1.807) is 19.3 Å². The maximum Gasteiger partial charge on any atom is 0.191 e. The number of nitrogens with one attached hydrogen (secondary N) is 2. The van der Waals surface area contributed by atoms with Gasteiger partial charge in [-0.15, -0.1) is 24.0 Å². The van der Waals surface area contributed by atoms with Gasteiger partial charge in [0.05, 0.1) is 23.9 Å². The Bertz CT molecular complexity index is 927. The second kappa shape index (κ2) is 11.9. The summed E-state index contributed by atoms with van der Waals surface area (Å²) in [6.45, 7) is 4.86. The summed E-state index contributed by atoms with van der Waals surface area (Å²) in [5, 5.41) is 7.39. The summed E-state index contributed by atoms with van der Waals surface area (Å²) in [7, 11) is 1.74. The number of aromatic nitrogens is 1. The van der Waals surface area contributed by atoms with Gasteiger partial charge in [-0.1, -0.05) is 17.7 Å². The average molecular weight is 575 g/mol. The molecule has 1 aromatic carbocycles. The smallest absolute Gasteiger partial charge is 0.191 e. The van der Waals surface area contributed by atoms with Crippen LogP contribution in [0.5, 0.6) is 0 Å². The van der Waals surface area contributed by atoms with Gasteiger partial charge in [0.25, 0.3) is 0 Å². The second-order valence-electron chi connectivity index (χ2n) is 7.70. The number of benzene rings is 1. The molecule has 0 radical (unpaired) electrons. The Labute approximate surface area is 210 Å². The van der Waals surface area contributed by atoms with E-state index in [4.69, 9.17) is 16.3 Å². The van der Waals surface area contributed by atoms with Crippen molar-refractivity contribution < 1.29 is 9.13 Å². The molecule has 2 saturated heterocycles. The molecular weight excluding hydrogens is 546 g/mol. The molecule has 0 aliphatic carbocycles. The van der Waals surface area contributed by atoms with Crippen molar-refractivity contribution in [3.8, 4) is 0 Å². The molecule has 3 heterocycles. The number of aliphatic imine (C=N–C) groups is 1. The molecule has 2 aromatic rings. The highest BCUT2D eigenvalue weighted by molar-refractivity contribution is 14.0. The number of morpholine rings is 1. The number of halogens is 3. The van der Waals surface area contributed by atoms with E-state index in [0.29, 0.717) is 49.5 Å². The van der Waals surface area contributed by atoms with Gasteiger partial charge in [-0.25, -0.2) is 9.37 Å². The van der Waals surface area contributed by atoms with Gasteiger partial charge in [-0.3, -0.25) is 4.99 Å². The van der Waals surface area contributed by atoms with Gasteiger partial charge in [0.15, 0.2) is 5.96 Å². The van der Waals surface area contributed by atoms with Crippen molar-refractivity contribution in [1.29, 1.82) is 0 Å². The van der Waals surface area contributed by atoms with Gasteiger partial charge in [0.1, 0.15) is 11.6 Å². The fraction of sp³-hybridized carbons (Fsp3) is 0.455. The first-order valence-electron chi connectivity index (χ1n) is 10.6. The number of anilines is 2. The van der Waals surface area contributed by atoms with Crippen LogP contribution in [0.2, 0.25) is 5.02 Å². The van der Waals surface area contributed by atoms with Crippen LogP contribution in [0.25, 0.3) is 0 Å². The van der Waals surface area contributed by atoms with Crippen molar-refractivity contribution in [1.82, 2.24) is 15.6 Å². The molecule has 2 aliphatic heterocycles. The zero-order valence-electron chi connectivity index (χ0n) is 18.1. The van der Waals surface area contributed by atoms with Crippen LogP contribution in [0.15, 0.2) is 41.5 Å². The molecule has 32 heavy (non-hydrogen) atoms. The molecule has 4 rings (SSSR count). The predicted molar refractivity (Wildman–Crippen MR) is 138 cm³/mol. The van der Waals surface area contributed by atoms with Gasteiger partial charge < -0.3 is 25.2 Å². The number of guanidine groups is 1. The summed E-state index contributed by atoms with van der Waals surface area (Å²) >= 11 is 6.28. The highest BCUT2D eigenvalue weighted by Gasteiger charge is 2.25. The summed E-state index contributed by atoms with van der Waals surface area (Å²) in [6, 6.07) is 9.30. The minimum absolute atomic E-state index is 0. The molecule has 2 N–H and O–H groups in total. The largest absolute Gasteiger partial charge is 0.378 e. The fourth-order valence-electron chi connectivity index (χ4n) is 3.98. The summed E-state index contributed by atoms with van der Waals surface area (Å²) < 4.78 is 20.0. The van der Waals surface area contributed by atoms with Crippen LogP contribution in [0.4, 0.5) is 15.9 Å². The Morgan fingerprint density at radius 3 is 2.78 bits per heavy atom. The van der Waals surface area contributed by atoms with Crippen molar-refractivity contribution in [2.45, 2.75) is 19.0 Å². The SMILES string of the molecule is CN=C(NCc1ccc(N2CCOCC2)c(F)c1)NC1CCN(c2ncccc2Cl)C1.I. The van der Waals surface area contributed by atoms with E-state index in [1.165, 1.54) is 0 Å². The van der Waals surface area contributed by atoms with Gasteiger partial charge in [0, 0.05) is 52.0 Å². The van der Waals surface area contributed by atoms with E-state index in [2.05, 4.69) is 25.5 Å². The minimum Gasteiger partial charge on any atom is -0.378 e. The Morgan fingerprint density at radius 1 is 1.25 bits per heavy atom. The maximum absolute atomic E-state index is 14.6. The van der Waals surface area contributed by atoms with E-state index in [-0.39, 0.29) is 35.8 Å². The van der Waals surface area contributed by atoms with Gasteiger partial charge in [0.2, 0.25) is 0 Å². The Hall–Kier alpha value is -1.85. The number of ether oxygens (including phenoxy) is 1. The van der Waals surface area contributed by atoms with Crippen molar-refractivity contribution in [3.05, 3.63) is 52.9 Å². The number of pyridine rings is 1. The summed E-state index contributed by atoms with van der Waals surface area (Å²) in [4.78, 5) is 12.9. The average Bonchev–Trinajstić information content (AvgIpc) is 3.26. The van der Waals surface area contributed by atoms with Crippen molar-refractivity contribution >= 4 is 53.0 Å². The molecule has 0 saturated carbocycles. The predicted octanol–water partition coefficient (Wildman–Crippen LogP) is 3.27. The zero-order valence-corrected chi connectivity index (χ0v) is 21.1. The van der Waals surface area contributed by atoms with Crippen LogP contribution in [0.3, 0.4) is 0 Å². The third-order valence-electron chi connectivity index (χ3n) is 5.62. The molecule has 0 bridgehead atoms. The van der Waals surface area contributed by atoms with E-state index in [1.807, 2.05) is 29.2 Å². The summed E-state index contributed by atoms with van der Waals surface area (Å²) in [6.07, 6.45) is 2.71. The van der Waals surface area contributed by atoms with Gasteiger partial charge in [-0.05, 0) is 36.2 Å². The quantitative estimate of drug-likeness (QED) is 0.325. The molecule has 10 heteroatoms. The molecule has 2 fully saturated rings. The molecule has 7 nitrogen and oxygen atoms in total. The van der Waals surface area contributed by atoms with Crippen LogP contribution < -0.4 is 20.4 Å². The van der Waals surface area contributed by atoms with Gasteiger partial charge >= 0.3 is 0 Å². The van der Waals surface area contributed by atoms with E-state index >= 15 is 0 Å². The lowest BCUT2D eigenvalue weighted by Gasteiger charge is -2.29. The summed E-state index contributed by atoms with van der Waals surface area (Å²) in [5.74, 6) is 1.30. The molecule has 1 atom stereocenters. The molecule has 1 aromatic heterocycles. The molecule has 2 aliphatic rings. The van der Waals surface area contributed by atoms with Crippen LogP contribution in [-0.2, 0) is 11.3 Å². The first-order valence-corrected chi connectivity index (χ1v) is 11.0. The lowest BCUT2D eigenvalue weighted by molar-refractivity contribution is 0.122. The minimum atomic E-state index is -0.206. The molecule has 0 amide bonds. The first kappa shape index (κ1) is 24.8. The highest BCUT2D eigenvalue weighted by Crippen LogP contribution is 2.26. The normalized spacial score (nSPS) is 19.0. The Morgan fingerprint density at radius 2 is 2.06 bits per heavy atom. The van der Waals surface area contributed by atoms with Crippen LogP contribution in [0, 0.1) is 5.82 Å². The van der Waals surface area contributed by atoms with Crippen molar-refractivity contribution in [3.63, 3.8) is 0 Å². The van der Waals surface area contributed by atoms with E-state index < -0.39 is 0 Å². The molecule has 1 unspecified atom stereocenters. The van der Waals surface area contributed by atoms with Crippen molar-refractivity contribution in [2.24, 2.45) is 4.99 Å². The maximum atomic E-state index is 14.6. The van der Waals surface area contributed by atoms with Gasteiger partial charge in [-0.2, -0.15) is 0 Å². The van der Waals surface area contributed by atoms with E-state index in [0.717, 1.165) is 30.9 Å². The summed E-state index contributed by atoms with van der Waals surface area (Å²) in [5.41, 5.74) is 1.50. The molecule has 0 spiro atoms. The molecular formula is C22H29ClFIN6O. The Kier molecular flexibility index (Phi) is 9.18. The highest BCUT2D eigenvalue weighted by atomic mass is 127. The number of hydrogen-bond acceptors (Lipinski definition) is 5. The van der Waals surface area contributed by atoms with Crippen LogP contribution in [0.1, 0.15) is 12.0 Å². The first-order chi connectivity index (χ1) is 15.1. The van der Waals surface area contributed by atoms with E-state index in [9.17, 15) is 4.39 Å². The van der Waals surface area contributed by atoms with Crippen molar-refractivity contribution in [2.75, 3.05) is 56.2 Å².